The molecular formula is C18H34N2O14Pd+2. The molecule has 10 unspecified atom stereocenters. The van der Waals surface area contributed by atoms with Crippen molar-refractivity contribution in [2.75, 3.05) is 26.3 Å². The molecule has 35 heavy (non-hydrogen) atoms. The van der Waals surface area contributed by atoms with Crippen molar-refractivity contribution in [1.82, 2.24) is 0 Å². The fourth-order valence-electron chi connectivity index (χ4n) is 3.05. The zero-order valence-electron chi connectivity index (χ0n) is 18.4. The molecule has 0 aromatic rings. The Bertz CT molecular complexity index is 578. The molecule has 0 aromatic heterocycles. The van der Waals surface area contributed by atoms with E-state index in [1.807, 2.05) is 0 Å². The molecule has 2 aliphatic heterocycles. The van der Waals surface area contributed by atoms with Crippen molar-refractivity contribution in [3.8, 4) is 0 Å². The summed E-state index contributed by atoms with van der Waals surface area (Å²) in [6, 6.07) is 0. The molecule has 0 saturated carbocycles. The van der Waals surface area contributed by atoms with E-state index in [4.69, 9.17) is 29.9 Å². The number of carbonyl (C=O) groups is 2. The van der Waals surface area contributed by atoms with Crippen LogP contribution in [0.15, 0.2) is 0 Å². The van der Waals surface area contributed by atoms with E-state index in [0.29, 0.717) is 0 Å². The summed E-state index contributed by atoms with van der Waals surface area (Å²) in [5, 5.41) is 95.6. The predicted molar refractivity (Wildman–Crippen MR) is 110 cm³/mol. The van der Waals surface area contributed by atoms with Gasteiger partial charge < -0.3 is 71.2 Å². The maximum absolute atomic E-state index is 10.4. The second-order valence-electron chi connectivity index (χ2n) is 7.60. The van der Waals surface area contributed by atoms with Crippen LogP contribution in [0.3, 0.4) is 0 Å². The number of aliphatic hydroxyl groups is 8. The van der Waals surface area contributed by atoms with Crippen LogP contribution in [0.4, 0.5) is 0 Å². The zero-order chi connectivity index (χ0) is 26.0. The largest absolute Gasteiger partial charge is 2.00 e. The SMILES string of the molecule is O=C([OH2+])CC[N-]C1OC(CO)C(O)C(O)C1O.O=C([OH2+])CC[N-]C1OC(CO)C(O)C(O)C1O.[Pd+2]. The van der Waals surface area contributed by atoms with E-state index < -0.39 is 86.4 Å². The third-order valence-corrected chi connectivity index (χ3v) is 5.03. The summed E-state index contributed by atoms with van der Waals surface area (Å²) in [5.41, 5.74) is 0. The van der Waals surface area contributed by atoms with Gasteiger partial charge in [-0.05, 0) is 12.5 Å². The number of carbonyl (C=O) groups excluding carboxylic acids is 2. The second-order valence-corrected chi connectivity index (χ2v) is 7.60. The fraction of sp³-hybridized carbons (Fsp3) is 0.889. The van der Waals surface area contributed by atoms with Crippen LogP contribution in [0.25, 0.3) is 10.6 Å². The minimum Gasteiger partial charge on any atom is -0.634 e. The van der Waals surface area contributed by atoms with Gasteiger partial charge in [0.25, 0.3) is 0 Å². The van der Waals surface area contributed by atoms with E-state index in [-0.39, 0.29) is 46.4 Å². The van der Waals surface area contributed by atoms with Gasteiger partial charge in [-0.3, -0.25) is 0 Å². The summed E-state index contributed by atoms with van der Waals surface area (Å²) in [6.45, 7) is -1.08. The summed E-state index contributed by atoms with van der Waals surface area (Å²) in [4.78, 5) is 20.8. The number of nitrogens with zero attached hydrogens (tertiary/aromatic N) is 2. The van der Waals surface area contributed by atoms with Crippen LogP contribution < -0.4 is 0 Å². The van der Waals surface area contributed by atoms with E-state index in [1.54, 1.807) is 0 Å². The van der Waals surface area contributed by atoms with E-state index in [0.717, 1.165) is 0 Å². The Morgan fingerprint density at radius 2 is 0.943 bits per heavy atom. The normalized spacial score (nSPS) is 36.9. The summed E-state index contributed by atoms with van der Waals surface area (Å²) >= 11 is 0. The third-order valence-electron chi connectivity index (χ3n) is 5.03. The van der Waals surface area contributed by atoms with Gasteiger partial charge in [0, 0.05) is 9.59 Å². The van der Waals surface area contributed by atoms with Crippen LogP contribution in [0.2, 0.25) is 0 Å². The number of hydrogen-bond donors (Lipinski definition) is 8. The molecule has 0 aliphatic carbocycles. The van der Waals surface area contributed by atoms with Crippen LogP contribution >= 0.6 is 0 Å². The van der Waals surface area contributed by atoms with Gasteiger partial charge in [0.15, 0.2) is 0 Å². The average Bonchev–Trinajstić information content (AvgIpc) is 2.79. The maximum Gasteiger partial charge on any atom is 2.00 e. The zero-order valence-corrected chi connectivity index (χ0v) is 20.0. The fourth-order valence-corrected chi connectivity index (χ4v) is 3.05. The van der Waals surface area contributed by atoms with Crippen molar-refractivity contribution >= 4 is 11.9 Å². The van der Waals surface area contributed by atoms with Gasteiger partial charge in [0.1, 0.15) is 36.6 Å². The molecule has 17 heteroatoms. The summed E-state index contributed by atoms with van der Waals surface area (Å²) < 4.78 is 10.1. The average molecular weight is 609 g/mol. The minimum atomic E-state index is -1.47. The van der Waals surface area contributed by atoms with Crippen LogP contribution in [0.5, 0.6) is 0 Å². The van der Waals surface area contributed by atoms with Gasteiger partial charge in [0.2, 0.25) is 0 Å². The van der Waals surface area contributed by atoms with Gasteiger partial charge in [-0.2, -0.15) is 0 Å². The molecule has 2 rings (SSSR count). The topological polar surface area (TPSA) is 288 Å². The van der Waals surface area contributed by atoms with Crippen LogP contribution in [-0.2, 0) is 39.5 Å². The van der Waals surface area contributed by atoms with Crippen molar-refractivity contribution in [3.63, 3.8) is 0 Å². The second kappa shape index (κ2) is 16.8. The Kier molecular flexibility index (Phi) is 16.4. The monoisotopic (exact) mass is 608 g/mol. The first kappa shape index (κ1) is 34.1. The first-order valence-corrected chi connectivity index (χ1v) is 10.4. The molecule has 0 amide bonds. The molecule has 0 bridgehead atoms. The van der Waals surface area contributed by atoms with Crippen molar-refractivity contribution < 1.29 is 90.6 Å². The molecule has 2 aliphatic rings. The van der Waals surface area contributed by atoms with Crippen molar-refractivity contribution in [3.05, 3.63) is 10.6 Å². The van der Waals surface area contributed by atoms with E-state index >= 15 is 0 Å². The van der Waals surface area contributed by atoms with Gasteiger partial charge in [-0.15, -0.1) is 13.1 Å². The van der Waals surface area contributed by atoms with Crippen molar-refractivity contribution in [2.24, 2.45) is 0 Å². The minimum absolute atomic E-state index is 0. The molecule has 2 fully saturated rings. The number of aliphatic hydroxyl groups excluding tert-OH is 8. The van der Waals surface area contributed by atoms with E-state index in [2.05, 4.69) is 10.6 Å². The summed E-state index contributed by atoms with van der Waals surface area (Å²) in [6.07, 6.45) is -13.1. The van der Waals surface area contributed by atoms with Crippen molar-refractivity contribution in [1.29, 1.82) is 0 Å². The molecule has 0 spiro atoms. The van der Waals surface area contributed by atoms with E-state index in [9.17, 15) is 40.2 Å². The Hall–Kier alpha value is -0.878. The first-order valence-electron chi connectivity index (χ1n) is 10.4. The Labute approximate surface area is 213 Å². The molecular weight excluding hydrogens is 575 g/mol. The molecule has 2 heterocycles. The molecule has 0 aromatic carbocycles. The third kappa shape index (κ3) is 10.6. The first-order chi connectivity index (χ1) is 15.9. The van der Waals surface area contributed by atoms with E-state index in [1.165, 1.54) is 0 Å². The maximum atomic E-state index is 10.4. The van der Waals surface area contributed by atoms with Crippen molar-refractivity contribution in [2.45, 2.75) is 74.1 Å². The summed E-state index contributed by atoms with van der Waals surface area (Å²) in [5.74, 6) is -1.59. The van der Waals surface area contributed by atoms with Crippen LogP contribution in [0, 0.1) is 0 Å². The Morgan fingerprint density at radius 3 is 1.20 bits per heavy atom. The van der Waals surface area contributed by atoms with Gasteiger partial charge in [-0.1, -0.05) is 0 Å². The van der Waals surface area contributed by atoms with Gasteiger partial charge in [0.05, 0.1) is 38.3 Å². The van der Waals surface area contributed by atoms with Crippen LogP contribution in [-0.4, -0.2) is 151 Å². The summed E-state index contributed by atoms with van der Waals surface area (Å²) in [7, 11) is 0. The molecule has 2 saturated heterocycles. The Morgan fingerprint density at radius 1 is 0.629 bits per heavy atom. The molecule has 208 valence electrons. The van der Waals surface area contributed by atoms with Gasteiger partial charge in [-0.25, -0.2) is 0 Å². The standard InChI is InChI=1S/2C9H16NO7.Pd/c2*11-3-4-6(14)7(15)8(16)9(17-4)10-2-1-5(12)13;/h2*4,6-9,11,14-16H,1-3H2,(H,12,13);/q2*-1;+2/p+2. The van der Waals surface area contributed by atoms with Gasteiger partial charge >= 0.3 is 32.4 Å². The number of hydrogen-bond acceptors (Lipinski definition) is 12. The van der Waals surface area contributed by atoms with Crippen LogP contribution in [0.1, 0.15) is 12.8 Å². The number of ether oxygens (including phenoxy) is 2. The molecule has 10 atom stereocenters. The smallest absolute Gasteiger partial charge is 0.634 e. The molecule has 12 N–H and O–H groups in total. The molecule has 16 nitrogen and oxygen atoms in total. The molecule has 0 radical (unpaired) electrons. The Balaban J connectivity index is 0.000000642. The number of rotatable bonds is 10. The predicted octanol–water partition coefficient (Wildman–Crippen LogP) is -6.40. The quantitative estimate of drug-likeness (QED) is 0.0848.